The second kappa shape index (κ2) is 7.45. The normalized spacial score (nSPS) is 12.2. The monoisotopic (exact) mass is 298 g/mol. The van der Waals surface area contributed by atoms with Crippen molar-refractivity contribution in [3.8, 4) is 0 Å². The number of benzene rings is 1. The molecule has 0 saturated heterocycles. The summed E-state index contributed by atoms with van der Waals surface area (Å²) < 4.78 is 1.03. The van der Waals surface area contributed by atoms with Crippen molar-refractivity contribution in [1.82, 2.24) is 5.32 Å². The molecule has 0 saturated carbocycles. The van der Waals surface area contributed by atoms with Gasteiger partial charge in [0.2, 0.25) is 5.91 Å². The fourth-order valence-corrected chi connectivity index (χ4v) is 1.74. The zero-order valence-corrected chi connectivity index (χ0v) is 11.7. The lowest BCUT2D eigenvalue weighted by molar-refractivity contribution is -0.122. The van der Waals surface area contributed by atoms with Gasteiger partial charge in [-0.3, -0.25) is 4.79 Å². The molecule has 1 aromatic carbocycles. The Morgan fingerprint density at radius 1 is 1.41 bits per heavy atom. The Balaban J connectivity index is 2.34. The summed E-state index contributed by atoms with van der Waals surface area (Å²) in [7, 11) is 0. The molecule has 1 aromatic rings. The number of nitrogens with one attached hydrogen (secondary N) is 1. The maximum atomic E-state index is 11.6. The van der Waals surface area contributed by atoms with E-state index in [1.165, 1.54) is 0 Å². The van der Waals surface area contributed by atoms with Crippen LogP contribution in [0.25, 0.3) is 0 Å². The average molecular weight is 299 g/mol. The number of hydrogen-bond acceptors (Lipinski definition) is 2. The Hall–Kier alpha value is -0.870. The quantitative estimate of drug-likeness (QED) is 0.848. The van der Waals surface area contributed by atoms with Gasteiger partial charge in [0.15, 0.2) is 0 Å². The third-order valence-corrected chi connectivity index (χ3v) is 3.11. The predicted molar refractivity (Wildman–Crippen MR) is 73.5 cm³/mol. The molecular formula is C13H19BrN2O. The number of halogens is 1. The summed E-state index contributed by atoms with van der Waals surface area (Å²) in [6, 6.07) is 7.48. The molecule has 17 heavy (non-hydrogen) atoms. The van der Waals surface area contributed by atoms with Gasteiger partial charge in [-0.2, -0.15) is 0 Å². The van der Waals surface area contributed by atoms with Gasteiger partial charge >= 0.3 is 0 Å². The molecule has 1 amide bonds. The van der Waals surface area contributed by atoms with Gasteiger partial charge in [0.25, 0.3) is 0 Å². The van der Waals surface area contributed by atoms with Gasteiger partial charge in [-0.15, -0.1) is 0 Å². The summed E-state index contributed by atoms with van der Waals surface area (Å²) >= 11 is 3.37. The van der Waals surface area contributed by atoms with Crippen LogP contribution in [0.5, 0.6) is 0 Å². The highest BCUT2D eigenvalue weighted by Gasteiger charge is 2.11. The zero-order valence-electron chi connectivity index (χ0n) is 10.1. The number of amides is 1. The number of rotatable bonds is 6. The maximum Gasteiger partial charge on any atom is 0.237 e. The van der Waals surface area contributed by atoms with Gasteiger partial charge in [-0.25, -0.2) is 0 Å². The van der Waals surface area contributed by atoms with Crippen molar-refractivity contribution in [2.45, 2.75) is 38.8 Å². The molecule has 0 radical (unpaired) electrons. The maximum absolute atomic E-state index is 11.6. The molecule has 0 aliphatic rings. The molecule has 1 atom stereocenters. The standard InChI is InChI=1S/C13H19BrN2O/c1-2-3-4-12(15)13(17)16-9-10-5-7-11(14)8-6-10/h5-8,12H,2-4,9,15H2,1H3,(H,16,17). The van der Waals surface area contributed by atoms with Crippen LogP contribution in [0.1, 0.15) is 31.7 Å². The molecule has 0 spiro atoms. The third kappa shape index (κ3) is 5.33. The summed E-state index contributed by atoms with van der Waals surface area (Å²) in [5.41, 5.74) is 6.85. The summed E-state index contributed by atoms with van der Waals surface area (Å²) in [6.07, 6.45) is 2.81. The van der Waals surface area contributed by atoms with Gasteiger partial charge in [0, 0.05) is 11.0 Å². The summed E-state index contributed by atoms with van der Waals surface area (Å²) in [4.78, 5) is 11.6. The van der Waals surface area contributed by atoms with E-state index in [1.807, 2.05) is 24.3 Å². The molecule has 0 fully saturated rings. The third-order valence-electron chi connectivity index (χ3n) is 2.59. The van der Waals surface area contributed by atoms with Crippen LogP contribution in [-0.2, 0) is 11.3 Å². The van der Waals surface area contributed by atoms with E-state index in [2.05, 4.69) is 28.2 Å². The second-order valence-electron chi connectivity index (χ2n) is 4.09. The Kier molecular flexibility index (Phi) is 6.22. The minimum absolute atomic E-state index is 0.0682. The van der Waals surface area contributed by atoms with Gasteiger partial charge in [-0.05, 0) is 24.1 Å². The molecule has 4 heteroatoms. The SMILES string of the molecule is CCCCC(N)C(=O)NCc1ccc(Br)cc1. The largest absolute Gasteiger partial charge is 0.351 e. The van der Waals surface area contributed by atoms with Crippen LogP contribution < -0.4 is 11.1 Å². The molecule has 0 aromatic heterocycles. The van der Waals surface area contributed by atoms with E-state index in [-0.39, 0.29) is 11.9 Å². The molecule has 94 valence electrons. The Bertz CT molecular complexity index is 351. The smallest absolute Gasteiger partial charge is 0.237 e. The van der Waals surface area contributed by atoms with Crippen molar-refractivity contribution in [3.05, 3.63) is 34.3 Å². The van der Waals surface area contributed by atoms with Crippen LogP contribution in [0.2, 0.25) is 0 Å². The minimum atomic E-state index is -0.384. The first-order chi connectivity index (χ1) is 8.13. The van der Waals surface area contributed by atoms with Crippen LogP contribution in [0, 0.1) is 0 Å². The number of carbonyl (C=O) groups is 1. The van der Waals surface area contributed by atoms with Gasteiger partial charge in [0.1, 0.15) is 0 Å². The molecular weight excluding hydrogens is 280 g/mol. The highest BCUT2D eigenvalue weighted by atomic mass is 79.9. The summed E-state index contributed by atoms with van der Waals surface area (Å²) in [5, 5.41) is 2.85. The average Bonchev–Trinajstić information content (AvgIpc) is 2.34. The fourth-order valence-electron chi connectivity index (χ4n) is 1.48. The van der Waals surface area contributed by atoms with Crippen LogP contribution in [0.4, 0.5) is 0 Å². The summed E-state index contributed by atoms with van der Waals surface area (Å²) in [6.45, 7) is 2.62. The first-order valence-corrected chi connectivity index (χ1v) is 6.70. The Labute approximate surface area is 111 Å². The highest BCUT2D eigenvalue weighted by molar-refractivity contribution is 9.10. The number of unbranched alkanes of at least 4 members (excludes halogenated alkanes) is 1. The Morgan fingerprint density at radius 3 is 2.65 bits per heavy atom. The van der Waals surface area contributed by atoms with Crippen molar-refractivity contribution in [3.63, 3.8) is 0 Å². The number of hydrogen-bond donors (Lipinski definition) is 2. The molecule has 0 aliphatic carbocycles. The van der Waals surface area contributed by atoms with E-state index in [1.54, 1.807) is 0 Å². The molecule has 1 rings (SSSR count). The van der Waals surface area contributed by atoms with Crippen molar-refractivity contribution in [1.29, 1.82) is 0 Å². The van der Waals surface area contributed by atoms with E-state index < -0.39 is 0 Å². The van der Waals surface area contributed by atoms with E-state index in [0.29, 0.717) is 6.54 Å². The van der Waals surface area contributed by atoms with Gasteiger partial charge < -0.3 is 11.1 Å². The van der Waals surface area contributed by atoms with E-state index in [9.17, 15) is 4.79 Å². The van der Waals surface area contributed by atoms with Gasteiger partial charge in [-0.1, -0.05) is 47.8 Å². The van der Waals surface area contributed by atoms with Crippen molar-refractivity contribution in [2.24, 2.45) is 5.73 Å². The van der Waals surface area contributed by atoms with E-state index in [4.69, 9.17) is 5.73 Å². The lowest BCUT2D eigenvalue weighted by Crippen LogP contribution is -2.40. The zero-order chi connectivity index (χ0) is 12.7. The van der Waals surface area contributed by atoms with Crippen LogP contribution in [-0.4, -0.2) is 11.9 Å². The fraction of sp³-hybridized carbons (Fsp3) is 0.462. The number of carbonyl (C=O) groups excluding carboxylic acids is 1. The van der Waals surface area contributed by atoms with Crippen LogP contribution in [0.3, 0.4) is 0 Å². The molecule has 3 N–H and O–H groups in total. The van der Waals surface area contributed by atoms with Crippen molar-refractivity contribution < 1.29 is 4.79 Å². The van der Waals surface area contributed by atoms with Crippen molar-refractivity contribution >= 4 is 21.8 Å². The lowest BCUT2D eigenvalue weighted by Gasteiger charge is -2.11. The minimum Gasteiger partial charge on any atom is -0.351 e. The van der Waals surface area contributed by atoms with Gasteiger partial charge in [0.05, 0.1) is 6.04 Å². The van der Waals surface area contributed by atoms with E-state index in [0.717, 1.165) is 29.3 Å². The second-order valence-corrected chi connectivity index (χ2v) is 5.01. The van der Waals surface area contributed by atoms with Crippen molar-refractivity contribution in [2.75, 3.05) is 0 Å². The molecule has 0 heterocycles. The van der Waals surface area contributed by atoms with Crippen LogP contribution in [0.15, 0.2) is 28.7 Å². The molecule has 0 bridgehead atoms. The topological polar surface area (TPSA) is 55.1 Å². The first-order valence-electron chi connectivity index (χ1n) is 5.91. The molecule has 1 unspecified atom stereocenters. The highest BCUT2D eigenvalue weighted by Crippen LogP contribution is 2.10. The lowest BCUT2D eigenvalue weighted by atomic mass is 10.1. The Morgan fingerprint density at radius 2 is 2.06 bits per heavy atom. The van der Waals surface area contributed by atoms with E-state index >= 15 is 0 Å². The molecule has 3 nitrogen and oxygen atoms in total. The summed E-state index contributed by atoms with van der Waals surface area (Å²) in [5.74, 6) is -0.0682. The van der Waals surface area contributed by atoms with Crippen LogP contribution >= 0.6 is 15.9 Å². The number of nitrogens with two attached hydrogens (primary N) is 1. The first kappa shape index (κ1) is 14.2. The molecule has 0 aliphatic heterocycles. The predicted octanol–water partition coefficient (Wildman–Crippen LogP) is 2.58.